The first-order chi connectivity index (χ1) is 9.15. The van der Waals surface area contributed by atoms with Crippen LogP contribution in [0.2, 0.25) is 0 Å². The molecule has 2 aromatic rings. The van der Waals surface area contributed by atoms with Crippen molar-refractivity contribution < 1.29 is 4.79 Å². The van der Waals surface area contributed by atoms with Gasteiger partial charge < -0.3 is 5.32 Å². The predicted molar refractivity (Wildman–Crippen MR) is 78.6 cm³/mol. The minimum Gasteiger partial charge on any atom is -0.349 e. The normalized spacial score (nSPS) is 11.9. The Morgan fingerprint density at radius 2 is 2.21 bits per heavy atom. The van der Waals surface area contributed by atoms with Gasteiger partial charge in [0, 0.05) is 16.9 Å². The van der Waals surface area contributed by atoms with Gasteiger partial charge in [0.05, 0.1) is 12.5 Å². The minimum atomic E-state index is -0.0123. The van der Waals surface area contributed by atoms with Gasteiger partial charge in [-0.05, 0) is 36.2 Å². The topological polar surface area (TPSA) is 42.0 Å². The maximum absolute atomic E-state index is 11.9. The molecule has 0 aliphatic carbocycles. The van der Waals surface area contributed by atoms with Crippen LogP contribution in [-0.2, 0) is 11.2 Å². The summed E-state index contributed by atoms with van der Waals surface area (Å²) >= 11 is 3.43. The fraction of sp³-hybridized carbons (Fsp3) is 0.200. The molecule has 0 bridgehead atoms. The molecule has 98 valence electrons. The molecule has 0 spiro atoms. The lowest BCUT2D eigenvalue weighted by molar-refractivity contribution is -0.121. The van der Waals surface area contributed by atoms with Crippen molar-refractivity contribution in [1.29, 1.82) is 0 Å². The van der Waals surface area contributed by atoms with Gasteiger partial charge in [0.2, 0.25) is 5.91 Å². The van der Waals surface area contributed by atoms with Crippen molar-refractivity contribution in [2.24, 2.45) is 0 Å². The van der Waals surface area contributed by atoms with E-state index in [4.69, 9.17) is 0 Å². The molecule has 0 saturated carbocycles. The Labute approximate surface area is 121 Å². The van der Waals surface area contributed by atoms with Crippen LogP contribution in [0.25, 0.3) is 0 Å². The Balaban J connectivity index is 1.95. The number of carbonyl (C=O) groups is 1. The lowest BCUT2D eigenvalue weighted by Crippen LogP contribution is -2.28. The van der Waals surface area contributed by atoms with Crippen molar-refractivity contribution in [2.75, 3.05) is 0 Å². The highest BCUT2D eigenvalue weighted by Crippen LogP contribution is 2.17. The molecule has 1 N–H and O–H groups in total. The number of pyridine rings is 1. The fourth-order valence-corrected chi connectivity index (χ4v) is 2.26. The van der Waals surface area contributed by atoms with Crippen molar-refractivity contribution >= 4 is 21.8 Å². The zero-order valence-electron chi connectivity index (χ0n) is 10.6. The Kier molecular flexibility index (Phi) is 4.68. The third kappa shape index (κ3) is 4.17. The van der Waals surface area contributed by atoms with Crippen molar-refractivity contribution in [3.63, 3.8) is 0 Å². The zero-order chi connectivity index (χ0) is 13.7. The number of rotatable bonds is 4. The second-order valence-corrected chi connectivity index (χ2v) is 5.30. The second kappa shape index (κ2) is 6.48. The number of halogens is 1. The van der Waals surface area contributed by atoms with Crippen LogP contribution in [0.4, 0.5) is 0 Å². The zero-order valence-corrected chi connectivity index (χ0v) is 12.2. The molecule has 1 aromatic carbocycles. The van der Waals surface area contributed by atoms with E-state index in [9.17, 15) is 4.79 Å². The Hall–Kier alpha value is -1.68. The highest BCUT2D eigenvalue weighted by atomic mass is 79.9. The highest BCUT2D eigenvalue weighted by molar-refractivity contribution is 9.10. The van der Waals surface area contributed by atoms with E-state index in [1.54, 1.807) is 12.4 Å². The van der Waals surface area contributed by atoms with Gasteiger partial charge in [0.15, 0.2) is 0 Å². The average Bonchev–Trinajstić information content (AvgIpc) is 2.39. The molecular weight excluding hydrogens is 304 g/mol. The van der Waals surface area contributed by atoms with Crippen molar-refractivity contribution in [2.45, 2.75) is 19.4 Å². The van der Waals surface area contributed by atoms with Gasteiger partial charge in [0.25, 0.3) is 0 Å². The molecule has 0 aliphatic heterocycles. The molecule has 1 atom stereocenters. The van der Waals surface area contributed by atoms with E-state index in [1.807, 2.05) is 43.3 Å². The van der Waals surface area contributed by atoms with E-state index in [2.05, 4.69) is 26.2 Å². The lowest BCUT2D eigenvalue weighted by atomic mass is 10.1. The molecule has 19 heavy (non-hydrogen) atoms. The summed E-state index contributed by atoms with van der Waals surface area (Å²) in [5, 5.41) is 2.98. The van der Waals surface area contributed by atoms with Gasteiger partial charge in [0.1, 0.15) is 0 Å². The van der Waals surface area contributed by atoms with Crippen molar-refractivity contribution in [1.82, 2.24) is 10.3 Å². The largest absolute Gasteiger partial charge is 0.349 e. The van der Waals surface area contributed by atoms with E-state index < -0.39 is 0 Å². The standard InChI is InChI=1S/C15H15BrN2O/c1-11(13-5-2-6-14(16)9-13)18-15(19)8-12-4-3-7-17-10-12/h2-7,9-11H,8H2,1H3,(H,18,19). The smallest absolute Gasteiger partial charge is 0.224 e. The Bertz CT molecular complexity index is 557. The molecular formula is C15H15BrN2O. The summed E-state index contributed by atoms with van der Waals surface area (Å²) in [6.45, 7) is 1.98. The molecule has 2 rings (SSSR count). The first-order valence-corrected chi connectivity index (χ1v) is 6.88. The summed E-state index contributed by atoms with van der Waals surface area (Å²) in [5.74, 6) is 0.000440. The molecule has 3 nitrogen and oxygen atoms in total. The summed E-state index contributed by atoms with van der Waals surface area (Å²) in [5.41, 5.74) is 2.00. The minimum absolute atomic E-state index is 0.000440. The SMILES string of the molecule is CC(NC(=O)Cc1cccnc1)c1cccc(Br)c1. The van der Waals surface area contributed by atoms with Crippen LogP contribution in [0.5, 0.6) is 0 Å². The van der Waals surface area contributed by atoms with E-state index in [0.717, 1.165) is 15.6 Å². The molecule has 0 saturated heterocycles. The summed E-state index contributed by atoms with van der Waals surface area (Å²) in [6, 6.07) is 11.7. The summed E-state index contributed by atoms with van der Waals surface area (Å²) < 4.78 is 1.01. The van der Waals surface area contributed by atoms with E-state index in [0.29, 0.717) is 6.42 Å². The number of amides is 1. The summed E-state index contributed by atoms with van der Waals surface area (Å²) in [7, 11) is 0. The maximum Gasteiger partial charge on any atom is 0.224 e. The van der Waals surface area contributed by atoms with Gasteiger partial charge in [-0.3, -0.25) is 9.78 Å². The van der Waals surface area contributed by atoms with Crippen LogP contribution in [0.1, 0.15) is 24.1 Å². The van der Waals surface area contributed by atoms with Gasteiger partial charge in [-0.25, -0.2) is 0 Å². The monoisotopic (exact) mass is 318 g/mol. The number of aromatic nitrogens is 1. The number of hydrogen-bond acceptors (Lipinski definition) is 2. The summed E-state index contributed by atoms with van der Waals surface area (Å²) in [6.07, 6.45) is 3.76. The molecule has 0 radical (unpaired) electrons. The molecule has 1 unspecified atom stereocenters. The first kappa shape index (κ1) is 13.7. The van der Waals surface area contributed by atoms with Crippen LogP contribution < -0.4 is 5.32 Å². The highest BCUT2D eigenvalue weighted by Gasteiger charge is 2.10. The molecule has 4 heteroatoms. The molecule has 0 fully saturated rings. The molecule has 1 amide bonds. The van der Waals surface area contributed by atoms with Gasteiger partial charge in [-0.2, -0.15) is 0 Å². The quantitative estimate of drug-likeness (QED) is 0.940. The van der Waals surface area contributed by atoms with Crippen molar-refractivity contribution in [3.8, 4) is 0 Å². The van der Waals surface area contributed by atoms with Gasteiger partial charge >= 0.3 is 0 Å². The van der Waals surface area contributed by atoms with E-state index in [1.165, 1.54) is 0 Å². The molecule has 1 aromatic heterocycles. The number of benzene rings is 1. The third-order valence-electron chi connectivity index (χ3n) is 2.81. The van der Waals surface area contributed by atoms with Gasteiger partial charge in [-0.15, -0.1) is 0 Å². The number of nitrogens with zero attached hydrogens (tertiary/aromatic N) is 1. The van der Waals surface area contributed by atoms with Crippen LogP contribution in [-0.4, -0.2) is 10.9 Å². The van der Waals surface area contributed by atoms with Crippen LogP contribution in [0, 0.1) is 0 Å². The second-order valence-electron chi connectivity index (χ2n) is 4.38. The van der Waals surface area contributed by atoms with Crippen LogP contribution in [0.15, 0.2) is 53.3 Å². The Morgan fingerprint density at radius 1 is 1.37 bits per heavy atom. The number of nitrogens with one attached hydrogen (secondary N) is 1. The summed E-state index contributed by atoms with van der Waals surface area (Å²) in [4.78, 5) is 15.9. The predicted octanol–water partition coefficient (Wildman–Crippen LogP) is 3.26. The third-order valence-corrected chi connectivity index (χ3v) is 3.31. The first-order valence-electron chi connectivity index (χ1n) is 6.09. The lowest BCUT2D eigenvalue weighted by Gasteiger charge is -2.14. The van der Waals surface area contributed by atoms with Crippen molar-refractivity contribution in [3.05, 3.63) is 64.4 Å². The van der Waals surface area contributed by atoms with E-state index in [-0.39, 0.29) is 11.9 Å². The maximum atomic E-state index is 11.9. The number of carbonyl (C=O) groups excluding carboxylic acids is 1. The average molecular weight is 319 g/mol. The van der Waals surface area contributed by atoms with Gasteiger partial charge in [-0.1, -0.05) is 34.1 Å². The molecule has 0 aliphatic rings. The van der Waals surface area contributed by atoms with E-state index >= 15 is 0 Å². The number of hydrogen-bond donors (Lipinski definition) is 1. The fourth-order valence-electron chi connectivity index (χ4n) is 1.84. The van der Waals surface area contributed by atoms with Crippen LogP contribution >= 0.6 is 15.9 Å². The Morgan fingerprint density at radius 3 is 2.89 bits per heavy atom. The molecule has 1 heterocycles. The van der Waals surface area contributed by atoms with Crippen LogP contribution in [0.3, 0.4) is 0 Å².